The quantitative estimate of drug-likeness (QED) is 0.181. The number of rotatable bonds is 8. The molecule has 4 aliphatic rings. The van der Waals surface area contributed by atoms with Crippen molar-refractivity contribution in [2.75, 3.05) is 26.4 Å². The SMILES string of the molecule is C1=CC2c3ccccc3C(c3ccc4cc(OCC5CO5)ccc4c3)(c3ccc4cc(OCC5CO5)ccc4c3)C2C=C1. The minimum Gasteiger partial charge on any atom is -0.491 e. The number of epoxide rings is 2. The molecule has 43 heavy (non-hydrogen) atoms. The number of hydrogen-bond acceptors (Lipinski definition) is 4. The molecule has 2 aliphatic carbocycles. The van der Waals surface area contributed by atoms with Gasteiger partial charge in [-0.15, -0.1) is 0 Å². The van der Waals surface area contributed by atoms with Crippen LogP contribution in [-0.4, -0.2) is 38.6 Å². The van der Waals surface area contributed by atoms with Crippen LogP contribution in [0.3, 0.4) is 0 Å². The summed E-state index contributed by atoms with van der Waals surface area (Å²) in [5.74, 6) is 2.35. The van der Waals surface area contributed by atoms with Crippen molar-refractivity contribution in [3.05, 3.63) is 144 Å². The van der Waals surface area contributed by atoms with Gasteiger partial charge in [0.05, 0.1) is 18.6 Å². The number of fused-ring (bicyclic) bond motifs is 5. The van der Waals surface area contributed by atoms with Crippen LogP contribution in [0.5, 0.6) is 11.5 Å². The zero-order chi connectivity index (χ0) is 28.4. The Morgan fingerprint density at radius 1 is 0.605 bits per heavy atom. The number of hydrogen-bond donors (Lipinski definition) is 0. The smallest absolute Gasteiger partial charge is 0.120 e. The van der Waals surface area contributed by atoms with Crippen LogP contribution in [-0.2, 0) is 14.9 Å². The highest BCUT2D eigenvalue weighted by Crippen LogP contribution is 2.59. The zero-order valence-corrected chi connectivity index (χ0v) is 23.8. The fourth-order valence-electron chi connectivity index (χ4n) is 7.33. The van der Waals surface area contributed by atoms with Gasteiger partial charge >= 0.3 is 0 Å². The first-order valence-electron chi connectivity index (χ1n) is 15.3. The van der Waals surface area contributed by atoms with Crippen molar-refractivity contribution in [3.63, 3.8) is 0 Å². The number of ether oxygens (including phenoxy) is 4. The lowest BCUT2D eigenvalue weighted by Crippen LogP contribution is -2.35. The number of benzene rings is 5. The van der Waals surface area contributed by atoms with Crippen molar-refractivity contribution < 1.29 is 18.9 Å². The highest BCUT2D eigenvalue weighted by Gasteiger charge is 2.52. The van der Waals surface area contributed by atoms with Crippen LogP contribution in [0.15, 0.2) is 121 Å². The lowest BCUT2D eigenvalue weighted by atomic mass is 9.63. The maximum atomic E-state index is 6.00. The Bertz CT molecular complexity index is 1830. The molecule has 2 heterocycles. The highest BCUT2D eigenvalue weighted by atomic mass is 16.6. The molecule has 5 aromatic rings. The fraction of sp³-hybridized carbons (Fsp3) is 0.231. The second-order valence-corrected chi connectivity index (χ2v) is 12.2. The van der Waals surface area contributed by atoms with Gasteiger partial charge < -0.3 is 18.9 Å². The second-order valence-electron chi connectivity index (χ2n) is 12.2. The van der Waals surface area contributed by atoms with E-state index in [0.29, 0.717) is 19.1 Å². The van der Waals surface area contributed by atoms with Crippen LogP contribution in [0.4, 0.5) is 0 Å². The molecule has 9 rings (SSSR count). The van der Waals surface area contributed by atoms with Gasteiger partial charge in [-0.1, -0.05) is 85.0 Å². The second kappa shape index (κ2) is 9.84. The zero-order valence-electron chi connectivity index (χ0n) is 23.8. The van der Waals surface area contributed by atoms with Gasteiger partial charge in [0, 0.05) is 11.8 Å². The van der Waals surface area contributed by atoms with Gasteiger partial charge in [0.15, 0.2) is 0 Å². The van der Waals surface area contributed by atoms with E-state index in [0.717, 1.165) is 24.7 Å². The predicted octanol–water partition coefficient (Wildman–Crippen LogP) is 7.72. The Labute approximate surface area is 251 Å². The van der Waals surface area contributed by atoms with E-state index in [9.17, 15) is 0 Å². The van der Waals surface area contributed by atoms with Crippen LogP contribution < -0.4 is 9.47 Å². The Kier molecular flexibility index (Phi) is 5.75. The maximum absolute atomic E-state index is 6.00. The summed E-state index contributed by atoms with van der Waals surface area (Å²) in [4.78, 5) is 0. The largest absolute Gasteiger partial charge is 0.491 e. The minimum atomic E-state index is -0.345. The maximum Gasteiger partial charge on any atom is 0.120 e. The summed E-state index contributed by atoms with van der Waals surface area (Å²) in [6.45, 7) is 2.81. The van der Waals surface area contributed by atoms with E-state index in [1.54, 1.807) is 0 Å². The number of allylic oxidation sites excluding steroid dienone is 4. The molecule has 4 nitrogen and oxygen atoms in total. The van der Waals surface area contributed by atoms with E-state index < -0.39 is 0 Å². The molecule has 5 aromatic carbocycles. The van der Waals surface area contributed by atoms with Gasteiger partial charge in [-0.25, -0.2) is 0 Å². The molecule has 4 heteroatoms. The average molecular weight is 565 g/mol. The van der Waals surface area contributed by atoms with Crippen molar-refractivity contribution in [1.29, 1.82) is 0 Å². The molecule has 0 saturated carbocycles. The molecule has 0 bridgehead atoms. The van der Waals surface area contributed by atoms with Crippen LogP contribution in [0.1, 0.15) is 28.2 Å². The lowest BCUT2D eigenvalue weighted by molar-refractivity contribution is 0.263. The summed E-state index contributed by atoms with van der Waals surface area (Å²) in [6, 6.07) is 35.9. The minimum absolute atomic E-state index is 0.240. The molecular formula is C39H32O4. The summed E-state index contributed by atoms with van der Waals surface area (Å²) >= 11 is 0. The van der Waals surface area contributed by atoms with Crippen molar-refractivity contribution in [3.8, 4) is 11.5 Å². The van der Waals surface area contributed by atoms with Crippen molar-refractivity contribution in [1.82, 2.24) is 0 Å². The standard InChI is InChI=1S/C39H32O4/c1-3-7-37-35(5-1)36-6-2-4-8-38(36)39(37,29-13-9-27-19-31(15-11-25(27)17-29)40-21-33-23-42-33)30-14-10-28-20-32(16-12-26(28)18-30)41-22-34-24-43-34/h1-20,33-35,37H,21-24H2. The van der Waals surface area contributed by atoms with Gasteiger partial charge in [0.2, 0.25) is 0 Å². The van der Waals surface area contributed by atoms with Crippen molar-refractivity contribution in [2.45, 2.75) is 23.5 Å². The van der Waals surface area contributed by atoms with Gasteiger partial charge in [0.25, 0.3) is 0 Å². The summed E-state index contributed by atoms with van der Waals surface area (Å²) in [5, 5.41) is 4.78. The Morgan fingerprint density at radius 2 is 1.14 bits per heavy atom. The molecule has 4 unspecified atom stereocenters. The Balaban J connectivity index is 1.19. The topological polar surface area (TPSA) is 43.5 Å². The molecule has 0 spiro atoms. The van der Waals surface area contributed by atoms with E-state index in [1.807, 2.05) is 0 Å². The van der Waals surface area contributed by atoms with Crippen LogP contribution in [0.2, 0.25) is 0 Å². The van der Waals surface area contributed by atoms with Gasteiger partial charge in [0.1, 0.15) is 36.9 Å². The Morgan fingerprint density at radius 3 is 1.74 bits per heavy atom. The fourth-order valence-corrected chi connectivity index (χ4v) is 7.33. The van der Waals surface area contributed by atoms with Crippen molar-refractivity contribution >= 4 is 21.5 Å². The average Bonchev–Trinajstić information content (AvgIpc) is 4.00. The summed E-state index contributed by atoms with van der Waals surface area (Å²) in [6.07, 6.45) is 9.72. The third-order valence-corrected chi connectivity index (χ3v) is 9.59. The summed E-state index contributed by atoms with van der Waals surface area (Å²) < 4.78 is 22.6. The highest BCUT2D eigenvalue weighted by molar-refractivity contribution is 5.87. The molecule has 0 radical (unpaired) electrons. The van der Waals surface area contributed by atoms with E-state index in [2.05, 4.69) is 121 Å². The molecule has 2 aliphatic heterocycles. The normalized spacial score (nSPS) is 26.3. The van der Waals surface area contributed by atoms with E-state index in [1.165, 1.54) is 43.8 Å². The Hall–Kier alpha value is -4.38. The molecular weight excluding hydrogens is 532 g/mol. The van der Waals surface area contributed by atoms with Crippen molar-refractivity contribution in [2.24, 2.45) is 5.92 Å². The first-order chi connectivity index (χ1) is 21.3. The monoisotopic (exact) mass is 564 g/mol. The molecule has 4 atom stereocenters. The summed E-state index contributed by atoms with van der Waals surface area (Å²) in [7, 11) is 0. The molecule has 212 valence electrons. The van der Waals surface area contributed by atoms with Gasteiger partial charge in [-0.3, -0.25) is 0 Å². The molecule has 0 amide bonds. The first-order valence-corrected chi connectivity index (χ1v) is 15.3. The predicted molar refractivity (Wildman–Crippen MR) is 169 cm³/mol. The lowest BCUT2D eigenvalue weighted by Gasteiger charge is -2.39. The summed E-state index contributed by atoms with van der Waals surface area (Å²) in [5.41, 5.74) is 5.06. The molecule has 0 N–H and O–H groups in total. The first kappa shape index (κ1) is 25.1. The van der Waals surface area contributed by atoms with E-state index in [-0.39, 0.29) is 23.5 Å². The molecule has 2 saturated heterocycles. The molecule has 0 aromatic heterocycles. The molecule has 2 fully saturated rings. The van der Waals surface area contributed by atoms with Gasteiger partial charge in [-0.2, -0.15) is 0 Å². The third kappa shape index (κ3) is 4.28. The van der Waals surface area contributed by atoms with E-state index in [4.69, 9.17) is 18.9 Å². The van der Waals surface area contributed by atoms with Crippen LogP contribution in [0.25, 0.3) is 21.5 Å². The van der Waals surface area contributed by atoms with Crippen LogP contribution in [0, 0.1) is 5.92 Å². The van der Waals surface area contributed by atoms with E-state index >= 15 is 0 Å². The third-order valence-electron chi connectivity index (χ3n) is 9.59. The van der Waals surface area contributed by atoms with Crippen LogP contribution >= 0.6 is 0 Å². The van der Waals surface area contributed by atoms with Gasteiger partial charge in [-0.05, 0) is 80.2 Å².